The molecular formula is C26H33FN6O3. The van der Waals surface area contributed by atoms with Crippen molar-refractivity contribution >= 4 is 29.5 Å². The number of aromatic nitrogens is 2. The Labute approximate surface area is 210 Å². The first-order valence-electron chi connectivity index (χ1n) is 12.2. The first-order chi connectivity index (χ1) is 17.1. The lowest BCUT2D eigenvalue weighted by atomic mass is 9.99. The Balaban J connectivity index is 1.41. The van der Waals surface area contributed by atoms with Crippen molar-refractivity contribution in [2.45, 2.75) is 58.2 Å². The molecule has 0 unspecified atom stereocenters. The topological polar surface area (TPSA) is 99.7 Å². The third-order valence-electron chi connectivity index (χ3n) is 6.12. The summed E-state index contributed by atoms with van der Waals surface area (Å²) in [6.07, 6.45) is 4.43. The van der Waals surface area contributed by atoms with Crippen LogP contribution in [0.15, 0.2) is 37.1 Å². The molecule has 2 amide bonds. The third-order valence-corrected chi connectivity index (χ3v) is 6.12. The summed E-state index contributed by atoms with van der Waals surface area (Å²) in [5.41, 5.74) is 2.41. The summed E-state index contributed by atoms with van der Waals surface area (Å²) in [6, 6.07) is 5.74. The van der Waals surface area contributed by atoms with Crippen molar-refractivity contribution in [3.8, 4) is 0 Å². The fourth-order valence-corrected chi connectivity index (χ4v) is 4.39. The van der Waals surface area contributed by atoms with Gasteiger partial charge in [-0.2, -0.15) is 4.98 Å². The standard InChI is InChI=1S/C26H33FN6O3/c1-5-22(34)32-11-6-7-20(16-32)29-23-21(27)14-28-24(31-23)30-19-9-8-18-15-33(12-10-17(18)13-19)25(35)36-26(2,3)4/h5,8-9,13-14,20H,1,6-7,10-12,15-16H2,2-4H3,(H2,28,29,30,31)/t20-/m1/s1. The maximum Gasteiger partial charge on any atom is 0.410 e. The molecule has 0 aliphatic carbocycles. The summed E-state index contributed by atoms with van der Waals surface area (Å²) in [6.45, 7) is 11.3. The van der Waals surface area contributed by atoms with Gasteiger partial charge in [-0.15, -0.1) is 0 Å². The number of rotatable bonds is 5. The second kappa shape index (κ2) is 10.5. The van der Waals surface area contributed by atoms with Crippen molar-refractivity contribution in [1.82, 2.24) is 19.8 Å². The average molecular weight is 497 g/mol. The lowest BCUT2D eigenvalue weighted by Crippen LogP contribution is -2.44. The largest absolute Gasteiger partial charge is 0.444 e. The quantitative estimate of drug-likeness (QED) is 0.597. The molecule has 9 nitrogen and oxygen atoms in total. The molecule has 10 heteroatoms. The predicted molar refractivity (Wildman–Crippen MR) is 135 cm³/mol. The van der Waals surface area contributed by atoms with E-state index >= 15 is 0 Å². The van der Waals surface area contributed by atoms with Gasteiger partial charge >= 0.3 is 6.09 Å². The maximum absolute atomic E-state index is 14.5. The van der Waals surface area contributed by atoms with Crippen molar-refractivity contribution in [2.75, 3.05) is 30.3 Å². The molecule has 2 aliphatic rings. The van der Waals surface area contributed by atoms with E-state index in [0.717, 1.165) is 35.9 Å². The van der Waals surface area contributed by atoms with Crippen LogP contribution < -0.4 is 10.6 Å². The predicted octanol–water partition coefficient (Wildman–Crippen LogP) is 4.24. The number of piperidine rings is 1. The van der Waals surface area contributed by atoms with Crippen molar-refractivity contribution in [2.24, 2.45) is 0 Å². The normalized spacial score (nSPS) is 17.7. The first-order valence-corrected chi connectivity index (χ1v) is 12.2. The third kappa shape index (κ3) is 6.30. The van der Waals surface area contributed by atoms with Gasteiger partial charge in [0.2, 0.25) is 11.9 Å². The van der Waals surface area contributed by atoms with E-state index < -0.39 is 11.4 Å². The number of anilines is 3. The monoisotopic (exact) mass is 496 g/mol. The number of halogens is 1. The zero-order valence-electron chi connectivity index (χ0n) is 21.0. The van der Waals surface area contributed by atoms with E-state index in [1.807, 2.05) is 39.0 Å². The second-order valence-corrected chi connectivity index (χ2v) is 10.1. The number of carbonyl (C=O) groups excluding carboxylic acids is 2. The van der Waals surface area contributed by atoms with E-state index in [4.69, 9.17) is 4.74 Å². The molecule has 0 radical (unpaired) electrons. The number of amides is 2. The first kappa shape index (κ1) is 25.4. The van der Waals surface area contributed by atoms with Gasteiger partial charge in [-0.3, -0.25) is 4.79 Å². The van der Waals surface area contributed by atoms with Crippen molar-refractivity contribution in [3.05, 3.63) is 54.0 Å². The minimum Gasteiger partial charge on any atom is -0.444 e. The molecule has 4 rings (SSSR count). The number of carbonyl (C=O) groups is 2. The minimum atomic E-state index is -0.555. The Hall–Kier alpha value is -3.69. The van der Waals surface area contributed by atoms with Crippen LogP contribution in [0.1, 0.15) is 44.7 Å². The Morgan fingerprint density at radius 1 is 1.22 bits per heavy atom. The highest BCUT2D eigenvalue weighted by atomic mass is 19.1. The van der Waals surface area contributed by atoms with Crippen LogP contribution in [0.4, 0.5) is 26.6 Å². The maximum atomic E-state index is 14.5. The van der Waals surface area contributed by atoms with Gasteiger partial charge in [-0.05, 0) is 69.4 Å². The second-order valence-electron chi connectivity index (χ2n) is 10.1. The molecule has 36 heavy (non-hydrogen) atoms. The minimum absolute atomic E-state index is 0.0939. The summed E-state index contributed by atoms with van der Waals surface area (Å²) >= 11 is 0. The van der Waals surface area contributed by atoms with E-state index in [0.29, 0.717) is 32.6 Å². The van der Waals surface area contributed by atoms with Crippen LogP contribution in [-0.4, -0.2) is 63.0 Å². The van der Waals surface area contributed by atoms with Gasteiger partial charge < -0.3 is 25.2 Å². The molecule has 2 aliphatic heterocycles. The molecule has 1 fully saturated rings. The summed E-state index contributed by atoms with van der Waals surface area (Å²) < 4.78 is 20.0. The van der Waals surface area contributed by atoms with Crippen LogP contribution in [0.5, 0.6) is 0 Å². The van der Waals surface area contributed by atoms with Crippen LogP contribution >= 0.6 is 0 Å². The number of hydrogen-bond donors (Lipinski definition) is 2. The molecule has 2 N–H and O–H groups in total. The molecule has 1 saturated heterocycles. The zero-order chi connectivity index (χ0) is 25.9. The number of nitrogens with zero attached hydrogens (tertiary/aromatic N) is 4. The zero-order valence-corrected chi connectivity index (χ0v) is 21.0. The molecule has 3 heterocycles. The molecular weight excluding hydrogens is 463 g/mol. The van der Waals surface area contributed by atoms with Crippen LogP contribution in [0.25, 0.3) is 0 Å². The fourth-order valence-electron chi connectivity index (χ4n) is 4.39. The molecule has 0 saturated carbocycles. The van der Waals surface area contributed by atoms with Crippen LogP contribution in [0.3, 0.4) is 0 Å². The Morgan fingerprint density at radius 3 is 2.78 bits per heavy atom. The SMILES string of the molecule is C=CC(=O)N1CCC[C@@H](Nc2nc(Nc3ccc4c(c3)CCN(C(=O)OC(C)(C)C)C4)ncc2F)C1. The number of fused-ring (bicyclic) bond motifs is 1. The van der Waals surface area contributed by atoms with E-state index in [1.54, 1.807) is 9.80 Å². The highest BCUT2D eigenvalue weighted by Crippen LogP contribution is 2.26. The number of hydrogen-bond acceptors (Lipinski definition) is 7. The number of likely N-dealkylation sites (tertiary alicyclic amines) is 1. The lowest BCUT2D eigenvalue weighted by molar-refractivity contribution is -0.127. The highest BCUT2D eigenvalue weighted by Gasteiger charge is 2.26. The number of ether oxygens (including phenoxy) is 1. The van der Waals surface area contributed by atoms with E-state index in [9.17, 15) is 14.0 Å². The fraction of sp³-hybridized carbons (Fsp3) is 0.462. The van der Waals surface area contributed by atoms with Gasteiger partial charge in [-0.25, -0.2) is 14.2 Å². The van der Waals surface area contributed by atoms with E-state index in [2.05, 4.69) is 27.2 Å². The molecule has 1 atom stereocenters. The summed E-state index contributed by atoms with van der Waals surface area (Å²) in [5.74, 6) is -0.328. The summed E-state index contributed by atoms with van der Waals surface area (Å²) in [4.78, 5) is 36.2. The number of nitrogens with one attached hydrogen (secondary N) is 2. The van der Waals surface area contributed by atoms with E-state index in [1.165, 1.54) is 6.08 Å². The van der Waals surface area contributed by atoms with Crippen molar-refractivity contribution in [1.29, 1.82) is 0 Å². The van der Waals surface area contributed by atoms with Gasteiger partial charge in [0.25, 0.3) is 0 Å². The molecule has 1 aromatic heterocycles. The summed E-state index contributed by atoms with van der Waals surface area (Å²) in [5, 5.41) is 6.27. The molecule has 1 aromatic carbocycles. The highest BCUT2D eigenvalue weighted by molar-refractivity contribution is 5.87. The van der Waals surface area contributed by atoms with E-state index in [-0.39, 0.29) is 29.8 Å². The molecule has 0 bridgehead atoms. The van der Waals surface area contributed by atoms with Gasteiger partial charge in [0.1, 0.15) is 5.60 Å². The van der Waals surface area contributed by atoms with Crippen LogP contribution in [0, 0.1) is 5.82 Å². The van der Waals surface area contributed by atoms with Gasteiger partial charge in [0, 0.05) is 37.9 Å². The smallest absolute Gasteiger partial charge is 0.410 e. The number of benzene rings is 1. The van der Waals surface area contributed by atoms with Crippen molar-refractivity contribution in [3.63, 3.8) is 0 Å². The van der Waals surface area contributed by atoms with Crippen LogP contribution in [0.2, 0.25) is 0 Å². The Morgan fingerprint density at radius 2 is 2.03 bits per heavy atom. The van der Waals surface area contributed by atoms with Crippen LogP contribution in [-0.2, 0) is 22.5 Å². The lowest BCUT2D eigenvalue weighted by Gasteiger charge is -2.32. The summed E-state index contributed by atoms with van der Waals surface area (Å²) in [7, 11) is 0. The molecule has 0 spiro atoms. The molecule has 192 valence electrons. The van der Waals surface area contributed by atoms with Gasteiger partial charge in [-0.1, -0.05) is 12.6 Å². The van der Waals surface area contributed by atoms with Gasteiger partial charge in [0.05, 0.1) is 6.20 Å². The molecule has 2 aromatic rings. The Bertz CT molecular complexity index is 1150. The average Bonchev–Trinajstić information content (AvgIpc) is 2.84. The van der Waals surface area contributed by atoms with Gasteiger partial charge in [0.15, 0.2) is 11.6 Å². The Kier molecular flexibility index (Phi) is 7.42. The van der Waals surface area contributed by atoms with Crippen molar-refractivity contribution < 1.29 is 18.7 Å².